The molecule has 0 saturated carbocycles. The van der Waals surface area contributed by atoms with Gasteiger partial charge in [0.2, 0.25) is 0 Å². The maximum Gasteiger partial charge on any atom is 0.0597 e. The normalized spacial score (nSPS) is 22.5. The zero-order chi connectivity index (χ0) is 11.8. The maximum absolute atomic E-state index is 6.40. The minimum Gasteiger partial charge on any atom is -0.118 e. The number of halogens is 2. The van der Waals surface area contributed by atoms with Crippen LogP contribution in [0.5, 0.6) is 0 Å². The summed E-state index contributed by atoms with van der Waals surface area (Å²) in [6.45, 7) is 0. The van der Waals surface area contributed by atoms with Crippen LogP contribution in [0, 0.1) is 0 Å². The molecule has 0 nitrogen and oxygen atoms in total. The Morgan fingerprint density at radius 2 is 1.71 bits per heavy atom. The largest absolute Gasteiger partial charge is 0.118 e. The van der Waals surface area contributed by atoms with Crippen molar-refractivity contribution >= 4 is 23.2 Å². The van der Waals surface area contributed by atoms with Crippen LogP contribution in [0.25, 0.3) is 0 Å². The molecule has 2 heteroatoms. The summed E-state index contributed by atoms with van der Waals surface area (Å²) >= 11 is 12.4. The molecule has 0 bridgehead atoms. The fraction of sp³-hybridized carbons (Fsp3) is 0.200. The van der Waals surface area contributed by atoms with Crippen LogP contribution in [-0.2, 0) is 0 Å². The molecule has 0 N–H and O–H groups in total. The Hall–Kier alpha value is -0.980. The van der Waals surface area contributed by atoms with Crippen molar-refractivity contribution in [3.63, 3.8) is 0 Å². The molecule has 0 aromatic heterocycles. The molecule has 0 saturated heterocycles. The summed E-state index contributed by atoms with van der Waals surface area (Å²) < 4.78 is 0. The van der Waals surface area contributed by atoms with Gasteiger partial charge in [0.1, 0.15) is 0 Å². The number of benzene rings is 2. The van der Waals surface area contributed by atoms with Crippen molar-refractivity contribution in [3.8, 4) is 0 Å². The molecule has 0 heterocycles. The lowest BCUT2D eigenvalue weighted by molar-refractivity contribution is 0.771. The van der Waals surface area contributed by atoms with Crippen LogP contribution < -0.4 is 0 Å². The predicted octanol–water partition coefficient (Wildman–Crippen LogP) is 5.16. The summed E-state index contributed by atoms with van der Waals surface area (Å²) in [5, 5.41) is 0.844. The van der Waals surface area contributed by atoms with E-state index >= 15 is 0 Å². The average molecular weight is 263 g/mol. The SMILES string of the molecule is Clc1ccc2c(c1)[C@H](Cl)C[C@H]2c1ccccc1. The molecular formula is C15H12Cl2. The van der Waals surface area contributed by atoms with E-state index in [2.05, 4.69) is 30.3 Å². The molecule has 1 aliphatic carbocycles. The third kappa shape index (κ3) is 1.96. The van der Waals surface area contributed by atoms with E-state index in [9.17, 15) is 0 Å². The van der Waals surface area contributed by atoms with Gasteiger partial charge in [-0.25, -0.2) is 0 Å². The third-order valence-electron chi connectivity index (χ3n) is 3.41. The van der Waals surface area contributed by atoms with Crippen LogP contribution in [-0.4, -0.2) is 0 Å². The zero-order valence-electron chi connectivity index (χ0n) is 9.24. The summed E-state index contributed by atoms with van der Waals surface area (Å²) in [6.07, 6.45) is 0.960. The number of rotatable bonds is 1. The van der Waals surface area contributed by atoms with Crippen LogP contribution in [0.1, 0.15) is 34.4 Å². The van der Waals surface area contributed by atoms with Gasteiger partial charge in [-0.1, -0.05) is 48.0 Å². The highest BCUT2D eigenvalue weighted by Crippen LogP contribution is 2.47. The van der Waals surface area contributed by atoms with Crippen molar-refractivity contribution in [2.24, 2.45) is 0 Å². The fourth-order valence-electron chi connectivity index (χ4n) is 2.60. The predicted molar refractivity (Wildman–Crippen MR) is 72.9 cm³/mol. The first kappa shape index (κ1) is 11.1. The van der Waals surface area contributed by atoms with Gasteiger partial charge < -0.3 is 0 Å². The first-order valence-electron chi connectivity index (χ1n) is 5.74. The highest BCUT2D eigenvalue weighted by atomic mass is 35.5. The van der Waals surface area contributed by atoms with E-state index < -0.39 is 0 Å². The monoisotopic (exact) mass is 262 g/mol. The van der Waals surface area contributed by atoms with Crippen LogP contribution in [0.2, 0.25) is 5.02 Å². The first-order valence-corrected chi connectivity index (χ1v) is 6.55. The molecule has 0 fully saturated rings. The van der Waals surface area contributed by atoms with Gasteiger partial charge in [-0.15, -0.1) is 11.6 Å². The van der Waals surface area contributed by atoms with Gasteiger partial charge in [0.15, 0.2) is 0 Å². The third-order valence-corrected chi connectivity index (χ3v) is 4.05. The van der Waals surface area contributed by atoms with E-state index in [0.717, 1.165) is 11.4 Å². The van der Waals surface area contributed by atoms with Crippen molar-refractivity contribution in [1.82, 2.24) is 0 Å². The second kappa shape index (κ2) is 4.36. The lowest BCUT2D eigenvalue weighted by atomic mass is 9.93. The molecule has 1 aliphatic rings. The lowest BCUT2D eigenvalue weighted by Gasteiger charge is -2.11. The molecule has 17 heavy (non-hydrogen) atoms. The number of hydrogen-bond acceptors (Lipinski definition) is 0. The van der Waals surface area contributed by atoms with Crippen LogP contribution >= 0.6 is 23.2 Å². The van der Waals surface area contributed by atoms with Crippen molar-refractivity contribution in [1.29, 1.82) is 0 Å². The van der Waals surface area contributed by atoms with E-state index in [1.807, 2.05) is 18.2 Å². The number of alkyl halides is 1. The quantitative estimate of drug-likeness (QED) is 0.624. The molecule has 0 amide bonds. The van der Waals surface area contributed by atoms with Crippen molar-refractivity contribution < 1.29 is 0 Å². The summed E-state index contributed by atoms with van der Waals surface area (Å²) in [4.78, 5) is 0. The van der Waals surface area contributed by atoms with Gasteiger partial charge in [-0.05, 0) is 35.2 Å². The van der Waals surface area contributed by atoms with Gasteiger partial charge >= 0.3 is 0 Å². The minimum absolute atomic E-state index is 0.0777. The van der Waals surface area contributed by atoms with Crippen molar-refractivity contribution in [2.45, 2.75) is 17.7 Å². The molecule has 0 unspecified atom stereocenters. The number of fused-ring (bicyclic) bond motifs is 1. The Balaban J connectivity index is 2.08. The van der Waals surface area contributed by atoms with E-state index in [1.54, 1.807) is 0 Å². The van der Waals surface area contributed by atoms with Gasteiger partial charge in [0, 0.05) is 10.9 Å². The summed E-state index contributed by atoms with van der Waals surface area (Å²) in [5.41, 5.74) is 3.84. The van der Waals surface area contributed by atoms with Crippen LogP contribution in [0.4, 0.5) is 0 Å². The molecule has 2 aromatic carbocycles. The Bertz CT molecular complexity index is 534. The van der Waals surface area contributed by atoms with E-state index in [4.69, 9.17) is 23.2 Å². The maximum atomic E-state index is 6.40. The first-order chi connectivity index (χ1) is 8.25. The fourth-order valence-corrected chi connectivity index (χ4v) is 3.14. The molecular weight excluding hydrogens is 251 g/mol. The molecule has 2 aromatic rings. The lowest BCUT2D eigenvalue weighted by Crippen LogP contribution is -1.95. The van der Waals surface area contributed by atoms with Gasteiger partial charge in [-0.2, -0.15) is 0 Å². The van der Waals surface area contributed by atoms with Crippen molar-refractivity contribution in [3.05, 3.63) is 70.2 Å². The Morgan fingerprint density at radius 1 is 0.941 bits per heavy atom. The molecule has 86 valence electrons. The van der Waals surface area contributed by atoms with E-state index in [1.165, 1.54) is 16.7 Å². The smallest absolute Gasteiger partial charge is 0.0597 e. The highest BCUT2D eigenvalue weighted by molar-refractivity contribution is 6.31. The number of hydrogen-bond donors (Lipinski definition) is 0. The molecule has 2 atom stereocenters. The van der Waals surface area contributed by atoms with Gasteiger partial charge in [-0.3, -0.25) is 0 Å². The molecule has 0 spiro atoms. The minimum atomic E-state index is 0.0777. The molecule has 3 rings (SSSR count). The van der Waals surface area contributed by atoms with Crippen LogP contribution in [0.3, 0.4) is 0 Å². The Kier molecular flexibility index (Phi) is 2.85. The van der Waals surface area contributed by atoms with Crippen molar-refractivity contribution in [2.75, 3.05) is 0 Å². The Labute approximate surface area is 111 Å². The second-order valence-corrected chi connectivity index (χ2v) is 5.40. The topological polar surface area (TPSA) is 0 Å². The highest BCUT2D eigenvalue weighted by Gasteiger charge is 2.30. The van der Waals surface area contributed by atoms with E-state index in [-0.39, 0.29) is 5.38 Å². The standard InChI is InChI=1S/C15H12Cl2/c16-11-6-7-12-13(9-15(17)14(12)8-11)10-4-2-1-3-5-10/h1-8,13,15H,9H2/t13-,15+/m0/s1. The summed E-state index contributed by atoms with van der Waals surface area (Å²) in [6, 6.07) is 16.6. The van der Waals surface area contributed by atoms with E-state index in [0.29, 0.717) is 5.92 Å². The second-order valence-electron chi connectivity index (χ2n) is 4.44. The zero-order valence-corrected chi connectivity index (χ0v) is 10.7. The van der Waals surface area contributed by atoms with Crippen LogP contribution in [0.15, 0.2) is 48.5 Å². The van der Waals surface area contributed by atoms with Gasteiger partial charge in [0.05, 0.1) is 5.38 Å². The summed E-state index contributed by atoms with van der Waals surface area (Å²) in [7, 11) is 0. The molecule has 0 radical (unpaired) electrons. The summed E-state index contributed by atoms with van der Waals surface area (Å²) in [5.74, 6) is 0.408. The molecule has 0 aliphatic heterocycles. The van der Waals surface area contributed by atoms with Gasteiger partial charge in [0.25, 0.3) is 0 Å². The average Bonchev–Trinajstić information content (AvgIpc) is 2.68. The Morgan fingerprint density at radius 3 is 2.47 bits per heavy atom.